The van der Waals surface area contributed by atoms with Crippen LogP contribution in [0.1, 0.15) is 25.3 Å². The number of hydrogen-bond donors (Lipinski definition) is 2. The van der Waals surface area contributed by atoms with E-state index in [9.17, 15) is 18.3 Å². The molecule has 9 heteroatoms. The summed E-state index contributed by atoms with van der Waals surface area (Å²) >= 11 is 0. The van der Waals surface area contributed by atoms with Crippen molar-refractivity contribution in [3.63, 3.8) is 0 Å². The maximum atomic E-state index is 13.5. The largest absolute Gasteiger partial charge is 0.495 e. The summed E-state index contributed by atoms with van der Waals surface area (Å²) in [4.78, 5) is 18.1. The van der Waals surface area contributed by atoms with E-state index in [1.165, 1.54) is 0 Å². The lowest BCUT2D eigenvalue weighted by atomic mass is 10.1. The minimum absolute atomic E-state index is 0.0579. The van der Waals surface area contributed by atoms with Crippen molar-refractivity contribution >= 4 is 30.6 Å². The zero-order valence-corrected chi connectivity index (χ0v) is 18.7. The van der Waals surface area contributed by atoms with E-state index in [0.29, 0.717) is 29.5 Å². The lowest BCUT2D eigenvalue weighted by Gasteiger charge is -2.28. The number of β-amino-alcohol motifs (C(OH)–C–C–N with tert-alkyl or cyclic N) is 1. The third-order valence-electron chi connectivity index (χ3n) is 5.10. The molecule has 1 heterocycles. The van der Waals surface area contributed by atoms with Crippen LogP contribution in [0.5, 0.6) is 5.75 Å². The van der Waals surface area contributed by atoms with Gasteiger partial charge in [0.05, 0.1) is 18.9 Å². The van der Waals surface area contributed by atoms with Gasteiger partial charge in [0.2, 0.25) is 0 Å². The first-order valence-electron chi connectivity index (χ1n) is 10.1. The second-order valence-corrected chi connectivity index (χ2v) is 7.49. The molecule has 2 aromatic rings. The molecule has 180 valence electrons. The van der Waals surface area contributed by atoms with E-state index in [0.717, 1.165) is 37.2 Å². The molecule has 0 radical (unpaired) electrons. The Kier molecular flexibility index (Phi) is 11.1. The lowest BCUT2D eigenvalue weighted by Crippen LogP contribution is -2.32. The van der Waals surface area contributed by atoms with Gasteiger partial charge in [-0.05, 0) is 42.5 Å². The number of methoxy groups -OCH3 is 1. The van der Waals surface area contributed by atoms with Crippen LogP contribution in [-0.2, 0) is 9.59 Å². The fourth-order valence-electron chi connectivity index (χ4n) is 3.56. The smallest absolute Gasteiger partial charge is 0.194 e. The number of rotatable bonds is 5. The van der Waals surface area contributed by atoms with E-state index < -0.39 is 23.6 Å². The van der Waals surface area contributed by atoms with Gasteiger partial charge in [-0.15, -0.1) is 0 Å². The van der Waals surface area contributed by atoms with E-state index in [4.69, 9.17) is 14.3 Å². The molecule has 1 saturated heterocycles. The predicted molar refractivity (Wildman–Crippen MR) is 123 cm³/mol. The summed E-state index contributed by atoms with van der Waals surface area (Å²) in [6, 6.07) is 7.16. The van der Waals surface area contributed by atoms with Crippen molar-refractivity contribution in [3.05, 3.63) is 59.9 Å². The van der Waals surface area contributed by atoms with Gasteiger partial charge < -0.3 is 29.6 Å². The number of halogens is 3. The Morgan fingerprint density at radius 3 is 2.24 bits per heavy atom. The van der Waals surface area contributed by atoms with Crippen molar-refractivity contribution < 1.29 is 32.6 Å². The molecular formula is C24H29F3N2O4. The van der Waals surface area contributed by atoms with Gasteiger partial charge in [0.15, 0.2) is 17.5 Å². The highest BCUT2D eigenvalue weighted by molar-refractivity contribution is 5.78. The van der Waals surface area contributed by atoms with Gasteiger partial charge in [0, 0.05) is 36.6 Å². The molecule has 2 unspecified atom stereocenters. The summed E-state index contributed by atoms with van der Waals surface area (Å²) in [5, 5.41) is 13.1. The average molecular weight is 467 g/mol. The molecule has 0 bridgehead atoms. The number of ether oxygens (including phenoxy) is 1. The first-order valence-corrected chi connectivity index (χ1v) is 10.1. The second kappa shape index (κ2) is 13.3. The van der Waals surface area contributed by atoms with Crippen LogP contribution in [0.25, 0.3) is 5.70 Å². The summed E-state index contributed by atoms with van der Waals surface area (Å²) in [6.45, 7) is 11.3. The molecule has 33 heavy (non-hydrogen) atoms. The fourth-order valence-corrected chi connectivity index (χ4v) is 3.56. The van der Waals surface area contributed by atoms with Crippen molar-refractivity contribution in [2.75, 3.05) is 30.4 Å². The van der Waals surface area contributed by atoms with Crippen LogP contribution < -0.4 is 15.0 Å². The summed E-state index contributed by atoms with van der Waals surface area (Å²) in [6.07, 6.45) is 1.26. The number of carbonyl (C=O) groups is 2. The zero-order valence-electron chi connectivity index (χ0n) is 18.7. The van der Waals surface area contributed by atoms with Crippen molar-refractivity contribution in [2.45, 2.75) is 25.9 Å². The molecular weight excluding hydrogens is 437 g/mol. The van der Waals surface area contributed by atoms with Crippen LogP contribution in [0, 0.1) is 23.4 Å². The quantitative estimate of drug-likeness (QED) is 0.635. The van der Waals surface area contributed by atoms with Crippen LogP contribution >= 0.6 is 0 Å². The van der Waals surface area contributed by atoms with Crippen molar-refractivity contribution in [2.24, 2.45) is 5.92 Å². The molecule has 2 N–H and O–H groups in total. The van der Waals surface area contributed by atoms with E-state index in [-0.39, 0.29) is 5.69 Å². The lowest BCUT2D eigenvalue weighted by molar-refractivity contribution is -0.0987. The molecule has 0 spiro atoms. The molecule has 0 aliphatic carbocycles. The Labute approximate surface area is 191 Å². The van der Waals surface area contributed by atoms with Crippen LogP contribution in [-0.4, -0.2) is 45.0 Å². The van der Waals surface area contributed by atoms with Crippen molar-refractivity contribution in [1.82, 2.24) is 0 Å². The Hall–Kier alpha value is -3.33. The minimum Gasteiger partial charge on any atom is -0.495 e. The molecule has 0 amide bonds. The Bertz CT molecular complexity index is 905. The Morgan fingerprint density at radius 2 is 1.67 bits per heavy atom. The number of nitrogens with one attached hydrogen (secondary N) is 1. The molecule has 2 atom stereocenters. The van der Waals surface area contributed by atoms with Gasteiger partial charge >= 0.3 is 0 Å². The molecule has 1 fully saturated rings. The Morgan fingerprint density at radius 1 is 1.06 bits per heavy atom. The number of hydrogen-bond acceptors (Lipinski definition) is 6. The third-order valence-corrected chi connectivity index (χ3v) is 5.10. The van der Waals surface area contributed by atoms with Crippen LogP contribution in [0.3, 0.4) is 0 Å². The average Bonchev–Trinajstić information content (AvgIpc) is 2.99. The van der Waals surface area contributed by atoms with Crippen LogP contribution in [0.15, 0.2) is 36.9 Å². The zero-order chi connectivity index (χ0) is 25.1. The number of carbonyl (C=O) groups excluding carboxylic acids is 2. The first kappa shape index (κ1) is 27.7. The van der Waals surface area contributed by atoms with E-state index >= 15 is 0 Å². The van der Waals surface area contributed by atoms with Gasteiger partial charge in [-0.2, -0.15) is 0 Å². The number of benzene rings is 2. The molecule has 0 aromatic heterocycles. The molecule has 2 aromatic carbocycles. The normalized spacial score (nSPS) is 17.5. The summed E-state index contributed by atoms with van der Waals surface area (Å²) < 4.78 is 45.6. The molecule has 6 nitrogen and oxygen atoms in total. The summed E-state index contributed by atoms with van der Waals surface area (Å²) in [7, 11) is 1.58. The van der Waals surface area contributed by atoms with E-state index in [1.54, 1.807) is 19.2 Å². The van der Waals surface area contributed by atoms with Gasteiger partial charge in [0.25, 0.3) is 0 Å². The van der Waals surface area contributed by atoms with Crippen LogP contribution in [0.2, 0.25) is 0 Å². The maximum Gasteiger partial charge on any atom is 0.194 e. The van der Waals surface area contributed by atoms with Crippen molar-refractivity contribution in [1.29, 1.82) is 0 Å². The van der Waals surface area contributed by atoms with E-state index in [1.807, 2.05) is 19.6 Å². The summed E-state index contributed by atoms with van der Waals surface area (Å²) in [5.41, 5.74) is 1.93. The Balaban J connectivity index is 0.00000129. The van der Waals surface area contributed by atoms with Gasteiger partial charge in [-0.25, -0.2) is 13.2 Å². The third kappa shape index (κ3) is 7.35. The van der Waals surface area contributed by atoms with Gasteiger partial charge in [-0.3, -0.25) is 0 Å². The number of nitrogens with zero attached hydrogens (tertiary/aromatic N) is 1. The molecule has 1 aliphatic heterocycles. The SMILES string of the molecule is C=C(Nc1cc(F)c(F)c(F)c1)c1ccc(OC)c(N2CC(C)CCC(O)C2)c1.C=O.C=O. The standard InChI is InChI=1S/C22H25F3N2O2.2CH2O/c1-13-4-6-17(28)12-27(11-13)20-8-15(5-7-21(20)29-3)14(2)26-16-9-18(23)22(25)19(24)10-16;2*1-2/h5,7-10,13,17,26,28H,2,4,6,11-12H2,1,3H3;2*1H2. The molecule has 1 aliphatic rings. The highest BCUT2D eigenvalue weighted by Gasteiger charge is 2.23. The van der Waals surface area contributed by atoms with Gasteiger partial charge in [-0.1, -0.05) is 13.5 Å². The predicted octanol–water partition coefficient (Wildman–Crippen LogP) is 4.42. The highest BCUT2D eigenvalue weighted by atomic mass is 19.2. The first-order chi connectivity index (χ1) is 15.8. The monoisotopic (exact) mass is 466 g/mol. The highest BCUT2D eigenvalue weighted by Crippen LogP contribution is 2.34. The minimum atomic E-state index is -1.51. The van der Waals surface area contributed by atoms with Crippen molar-refractivity contribution in [3.8, 4) is 5.75 Å². The van der Waals surface area contributed by atoms with Crippen LogP contribution in [0.4, 0.5) is 24.5 Å². The summed E-state index contributed by atoms with van der Waals surface area (Å²) in [5.74, 6) is -3.00. The van der Waals surface area contributed by atoms with E-state index in [2.05, 4.69) is 23.7 Å². The maximum absolute atomic E-state index is 13.5. The topological polar surface area (TPSA) is 78.9 Å². The fraction of sp³-hybridized carbons (Fsp3) is 0.333. The number of aliphatic hydroxyl groups is 1. The second-order valence-electron chi connectivity index (χ2n) is 7.49. The molecule has 3 rings (SSSR count). The molecule has 0 saturated carbocycles. The van der Waals surface area contributed by atoms with Gasteiger partial charge in [0.1, 0.15) is 19.3 Å². The number of aliphatic hydroxyl groups excluding tert-OH is 1. The number of anilines is 2.